The van der Waals surface area contributed by atoms with Crippen molar-refractivity contribution in [3.63, 3.8) is 0 Å². The van der Waals surface area contributed by atoms with Crippen LogP contribution in [0.25, 0.3) is 10.9 Å². The Balaban J connectivity index is 0.000000383. The number of aromatic nitrogens is 1. The number of H-pyrrole nitrogens is 1. The van der Waals surface area contributed by atoms with Crippen molar-refractivity contribution < 1.29 is 32.9 Å². The van der Waals surface area contributed by atoms with Crippen LogP contribution in [0.5, 0.6) is 5.75 Å². The summed E-state index contributed by atoms with van der Waals surface area (Å²) in [5, 5.41) is 18.2. The lowest BCUT2D eigenvalue weighted by molar-refractivity contribution is -0.192. The predicted octanol–water partition coefficient (Wildman–Crippen LogP) is 5.34. The summed E-state index contributed by atoms with van der Waals surface area (Å²) in [6.07, 6.45) is 4.17. The van der Waals surface area contributed by atoms with Crippen LogP contribution in [0.4, 0.5) is 13.2 Å². The Hall–Kier alpha value is -2.26. The molecule has 0 bridgehead atoms. The van der Waals surface area contributed by atoms with Crippen LogP contribution in [-0.4, -0.2) is 58.5 Å². The summed E-state index contributed by atoms with van der Waals surface area (Å²) in [6, 6.07) is 5.66. The van der Waals surface area contributed by atoms with Crippen molar-refractivity contribution in [1.29, 1.82) is 0 Å². The summed E-state index contributed by atoms with van der Waals surface area (Å²) in [4.78, 5) is 15.0. The Kier molecular flexibility index (Phi) is 7.33. The molecule has 1 fully saturated rings. The number of rotatable bonds is 4. The van der Waals surface area contributed by atoms with Crippen LogP contribution < -0.4 is 0 Å². The fourth-order valence-electron chi connectivity index (χ4n) is 5.25. The number of phenolic OH excluding ortho intramolecular Hbond substituents is 1. The van der Waals surface area contributed by atoms with Gasteiger partial charge in [0.15, 0.2) is 0 Å². The van der Waals surface area contributed by atoms with Crippen molar-refractivity contribution in [2.24, 2.45) is 0 Å². The molecule has 0 radical (unpaired) electrons. The van der Waals surface area contributed by atoms with Crippen molar-refractivity contribution in [1.82, 2.24) is 9.88 Å². The number of aromatic amines is 1. The highest BCUT2D eigenvalue weighted by Gasteiger charge is 2.48. The average molecular weight is 471 g/mol. The number of unbranched alkanes of at least 4 members (excludes halogenated alkanes) is 1. The SMILES string of the molecule is CCCCC1(N(C)C)CCC2(CC1)OCCc1c2[nH]c2ccc(O)cc12.O=C(O)C(F)(F)F. The molecule has 2 heterocycles. The van der Waals surface area contributed by atoms with Gasteiger partial charge >= 0.3 is 12.1 Å². The third-order valence-corrected chi connectivity index (χ3v) is 7.25. The molecule has 0 atom stereocenters. The minimum absolute atomic E-state index is 0.173. The predicted molar refractivity (Wildman–Crippen MR) is 119 cm³/mol. The maximum Gasteiger partial charge on any atom is 0.490 e. The van der Waals surface area contributed by atoms with Gasteiger partial charge < -0.3 is 24.8 Å². The van der Waals surface area contributed by atoms with Crippen molar-refractivity contribution in [3.8, 4) is 5.75 Å². The highest BCUT2D eigenvalue weighted by Crippen LogP contribution is 2.50. The monoisotopic (exact) mass is 470 g/mol. The van der Waals surface area contributed by atoms with Gasteiger partial charge in [-0.3, -0.25) is 0 Å². The Morgan fingerprint density at radius 3 is 2.39 bits per heavy atom. The van der Waals surface area contributed by atoms with Gasteiger partial charge in [0.1, 0.15) is 11.4 Å². The minimum Gasteiger partial charge on any atom is -0.508 e. The van der Waals surface area contributed by atoms with Gasteiger partial charge in [-0.25, -0.2) is 4.79 Å². The maximum absolute atomic E-state index is 10.6. The molecule has 1 saturated carbocycles. The summed E-state index contributed by atoms with van der Waals surface area (Å²) < 4.78 is 38.2. The van der Waals surface area contributed by atoms with Crippen LogP contribution in [0.3, 0.4) is 0 Å². The molecule has 1 aliphatic heterocycles. The van der Waals surface area contributed by atoms with Crippen LogP contribution in [0.2, 0.25) is 0 Å². The number of aliphatic carboxylic acids is 1. The Morgan fingerprint density at radius 1 is 1.21 bits per heavy atom. The zero-order valence-electron chi connectivity index (χ0n) is 19.4. The van der Waals surface area contributed by atoms with E-state index in [1.54, 1.807) is 6.07 Å². The number of carboxylic acids is 1. The lowest BCUT2D eigenvalue weighted by atomic mass is 9.69. The number of hydrogen-bond donors (Lipinski definition) is 3. The van der Waals surface area contributed by atoms with Gasteiger partial charge in [-0.2, -0.15) is 13.2 Å². The first-order valence-corrected chi connectivity index (χ1v) is 11.4. The van der Waals surface area contributed by atoms with Gasteiger partial charge in [0.05, 0.1) is 12.3 Å². The molecule has 9 heteroatoms. The van der Waals surface area contributed by atoms with Crippen molar-refractivity contribution >= 4 is 16.9 Å². The molecule has 33 heavy (non-hydrogen) atoms. The number of hydrogen-bond acceptors (Lipinski definition) is 4. The second kappa shape index (κ2) is 9.54. The van der Waals surface area contributed by atoms with E-state index in [0.717, 1.165) is 36.8 Å². The number of fused-ring (bicyclic) bond motifs is 4. The van der Waals surface area contributed by atoms with Crippen molar-refractivity contribution in [2.75, 3.05) is 20.7 Å². The maximum atomic E-state index is 10.6. The van der Waals surface area contributed by atoms with E-state index in [0.29, 0.717) is 11.3 Å². The molecule has 0 amide bonds. The molecule has 6 nitrogen and oxygen atoms in total. The van der Waals surface area contributed by atoms with Gasteiger partial charge in [0.25, 0.3) is 0 Å². The number of phenols is 1. The number of aromatic hydroxyl groups is 1. The van der Waals surface area contributed by atoms with Crippen molar-refractivity contribution in [2.45, 2.75) is 75.6 Å². The number of benzene rings is 1. The molecule has 0 saturated heterocycles. The van der Waals surface area contributed by atoms with E-state index in [2.05, 4.69) is 30.9 Å². The largest absolute Gasteiger partial charge is 0.508 e. The summed E-state index contributed by atoms with van der Waals surface area (Å²) in [7, 11) is 4.49. The summed E-state index contributed by atoms with van der Waals surface area (Å²) in [5.41, 5.74) is 3.88. The first kappa shape index (κ1) is 25.4. The average Bonchev–Trinajstić information content (AvgIpc) is 3.13. The van der Waals surface area contributed by atoms with Gasteiger partial charge in [-0.15, -0.1) is 0 Å². The van der Waals surface area contributed by atoms with E-state index in [-0.39, 0.29) is 5.60 Å². The minimum atomic E-state index is -5.08. The third kappa shape index (κ3) is 5.14. The number of nitrogens with zero attached hydrogens (tertiary/aromatic N) is 1. The zero-order chi connectivity index (χ0) is 24.4. The van der Waals surface area contributed by atoms with Crippen molar-refractivity contribution in [3.05, 3.63) is 29.5 Å². The van der Waals surface area contributed by atoms with Gasteiger partial charge in [0.2, 0.25) is 0 Å². The quantitative estimate of drug-likeness (QED) is 0.562. The topological polar surface area (TPSA) is 85.8 Å². The number of ether oxygens (including phenoxy) is 1. The first-order valence-electron chi connectivity index (χ1n) is 11.4. The van der Waals surface area contributed by atoms with E-state index in [9.17, 15) is 18.3 Å². The molecular formula is C24H33F3N2O4. The molecule has 0 unspecified atom stereocenters. The lowest BCUT2D eigenvalue weighted by Gasteiger charge is -2.50. The van der Waals surface area contributed by atoms with E-state index in [1.165, 1.54) is 43.4 Å². The van der Waals surface area contributed by atoms with Gasteiger partial charge in [-0.1, -0.05) is 19.8 Å². The van der Waals surface area contributed by atoms with E-state index >= 15 is 0 Å². The standard InChI is InChI=1S/C22H32N2O2.C2HF3O2/c1-4-5-9-21(24(2)3)10-12-22(13-11-21)20-17(8-14-26-22)18-15-16(25)6-7-19(18)23-20;3-2(4,5)1(6)7/h6-7,15,23,25H,4-5,8-14H2,1-3H3;(H,6,7). The van der Waals surface area contributed by atoms with Crippen LogP contribution in [0.1, 0.15) is 63.1 Å². The Morgan fingerprint density at radius 2 is 1.85 bits per heavy atom. The molecule has 1 aromatic carbocycles. The summed E-state index contributed by atoms with van der Waals surface area (Å²) >= 11 is 0. The smallest absolute Gasteiger partial charge is 0.490 e. The molecule has 184 valence electrons. The Labute approximate surface area is 191 Å². The second-order valence-corrected chi connectivity index (χ2v) is 9.33. The van der Waals surface area contributed by atoms with Crippen LogP contribution in [0, 0.1) is 0 Å². The fraction of sp³-hybridized carbons (Fsp3) is 0.625. The number of carbonyl (C=O) groups is 1. The van der Waals surface area contributed by atoms with E-state index < -0.39 is 12.1 Å². The highest BCUT2D eigenvalue weighted by atomic mass is 19.4. The fourth-order valence-corrected chi connectivity index (χ4v) is 5.25. The van der Waals surface area contributed by atoms with Gasteiger partial charge in [0, 0.05) is 16.4 Å². The first-order chi connectivity index (χ1) is 15.4. The molecule has 4 rings (SSSR count). The van der Waals surface area contributed by atoms with E-state index in [4.69, 9.17) is 14.6 Å². The number of alkyl halides is 3. The lowest BCUT2D eigenvalue weighted by Crippen LogP contribution is -2.52. The summed E-state index contributed by atoms with van der Waals surface area (Å²) in [6.45, 7) is 3.06. The highest BCUT2D eigenvalue weighted by molar-refractivity contribution is 5.86. The third-order valence-electron chi connectivity index (χ3n) is 7.25. The number of nitrogens with one attached hydrogen (secondary N) is 1. The van der Waals surface area contributed by atoms with Crippen LogP contribution in [-0.2, 0) is 21.6 Å². The van der Waals surface area contributed by atoms with Crippen LogP contribution in [0.15, 0.2) is 18.2 Å². The molecule has 1 spiro atoms. The van der Waals surface area contributed by atoms with Gasteiger partial charge in [-0.05, 0) is 76.4 Å². The molecular weight excluding hydrogens is 437 g/mol. The number of halogens is 3. The zero-order valence-corrected chi connectivity index (χ0v) is 19.4. The molecule has 2 aliphatic rings. The second-order valence-electron chi connectivity index (χ2n) is 9.33. The molecule has 1 aliphatic carbocycles. The Bertz CT molecular complexity index is 976. The number of carboxylic acid groups (broad SMARTS) is 1. The molecule has 2 aromatic rings. The molecule has 1 aromatic heterocycles. The van der Waals surface area contributed by atoms with E-state index in [1.807, 2.05) is 12.1 Å². The summed E-state index contributed by atoms with van der Waals surface area (Å²) in [5.74, 6) is -2.41. The van der Waals surface area contributed by atoms with Crippen LogP contribution >= 0.6 is 0 Å². The normalized spacial score (nSPS) is 25.1. The molecule has 3 N–H and O–H groups in total.